The highest BCUT2D eigenvalue weighted by Gasteiger charge is 2.08. The lowest BCUT2D eigenvalue weighted by molar-refractivity contribution is 0.0752. The molecule has 2 nitrogen and oxygen atoms in total. The van der Waals surface area contributed by atoms with Crippen LogP contribution in [0.3, 0.4) is 0 Å². The summed E-state index contributed by atoms with van der Waals surface area (Å²) in [6.45, 7) is -2.49. The monoisotopic (exact) mass is 168 g/mol. The molecule has 0 spiro atoms. The minimum atomic E-state index is -2.49. The van der Waals surface area contributed by atoms with Gasteiger partial charge < -0.3 is 0 Å². The molecule has 4 heteroatoms. The van der Waals surface area contributed by atoms with Crippen LogP contribution in [0.1, 0.15) is 6.55 Å². The smallest absolute Gasteiger partial charge is 0.289 e. The van der Waals surface area contributed by atoms with E-state index in [0.29, 0.717) is 11.0 Å². The van der Waals surface area contributed by atoms with E-state index in [0.717, 1.165) is 4.57 Å². The SMILES string of the molecule is FC(F)n1ccc2ncccc21. The normalized spacial score (nSPS) is 11.2. The summed E-state index contributed by atoms with van der Waals surface area (Å²) >= 11 is 0. The van der Waals surface area contributed by atoms with Crippen LogP contribution in [0, 0.1) is 0 Å². The van der Waals surface area contributed by atoms with E-state index >= 15 is 0 Å². The van der Waals surface area contributed by atoms with E-state index in [2.05, 4.69) is 4.98 Å². The minimum Gasteiger partial charge on any atom is -0.289 e. The van der Waals surface area contributed by atoms with Crippen LogP contribution in [-0.4, -0.2) is 9.55 Å². The molecule has 0 N–H and O–H groups in total. The predicted octanol–water partition coefficient (Wildman–Crippen LogP) is 2.43. The third kappa shape index (κ3) is 0.958. The van der Waals surface area contributed by atoms with Gasteiger partial charge in [-0.3, -0.25) is 9.55 Å². The molecule has 2 aromatic heterocycles. The maximum absolute atomic E-state index is 12.3. The van der Waals surface area contributed by atoms with Crippen molar-refractivity contribution in [1.29, 1.82) is 0 Å². The van der Waals surface area contributed by atoms with Crippen LogP contribution in [0.15, 0.2) is 30.6 Å². The van der Waals surface area contributed by atoms with Crippen LogP contribution in [0.25, 0.3) is 11.0 Å². The summed E-state index contributed by atoms with van der Waals surface area (Å²) in [4.78, 5) is 3.93. The van der Waals surface area contributed by atoms with Crippen LogP contribution >= 0.6 is 0 Å². The van der Waals surface area contributed by atoms with Crippen LogP contribution in [0.5, 0.6) is 0 Å². The molecule has 0 bridgehead atoms. The quantitative estimate of drug-likeness (QED) is 0.639. The molecule has 0 radical (unpaired) electrons. The van der Waals surface area contributed by atoms with Crippen molar-refractivity contribution in [2.24, 2.45) is 0 Å². The largest absolute Gasteiger partial charge is 0.319 e. The van der Waals surface area contributed by atoms with Crippen LogP contribution in [0.2, 0.25) is 0 Å². The van der Waals surface area contributed by atoms with Crippen molar-refractivity contribution in [3.63, 3.8) is 0 Å². The van der Waals surface area contributed by atoms with E-state index in [1.807, 2.05) is 0 Å². The zero-order valence-electron chi connectivity index (χ0n) is 6.11. The third-order valence-corrected chi connectivity index (χ3v) is 1.70. The number of rotatable bonds is 1. The maximum Gasteiger partial charge on any atom is 0.319 e. The molecule has 2 heterocycles. The standard InChI is InChI=1S/C8H6F2N2/c9-8(10)12-5-3-6-7(12)2-1-4-11-6/h1-5,8H. The van der Waals surface area contributed by atoms with E-state index < -0.39 is 6.55 Å². The summed E-state index contributed by atoms with van der Waals surface area (Å²) in [5.74, 6) is 0. The molecule has 0 saturated heterocycles. The average molecular weight is 168 g/mol. The molecule has 0 amide bonds. The second-order valence-corrected chi connectivity index (χ2v) is 2.41. The predicted molar refractivity (Wildman–Crippen MR) is 41.0 cm³/mol. The van der Waals surface area contributed by atoms with Crippen LogP contribution < -0.4 is 0 Å². The number of hydrogen-bond acceptors (Lipinski definition) is 1. The van der Waals surface area contributed by atoms with Crippen molar-refractivity contribution in [2.75, 3.05) is 0 Å². The molecule has 62 valence electrons. The molecule has 0 aliphatic carbocycles. The molecule has 0 aromatic carbocycles. The Balaban J connectivity index is 2.70. The molecule has 2 aromatic rings. The molecule has 0 unspecified atom stereocenters. The first-order chi connectivity index (χ1) is 5.79. The Labute approximate surface area is 67.4 Å². The summed E-state index contributed by atoms with van der Waals surface area (Å²) in [5, 5.41) is 0. The number of hydrogen-bond donors (Lipinski definition) is 0. The van der Waals surface area contributed by atoms with Gasteiger partial charge in [-0.1, -0.05) is 0 Å². The Bertz CT molecular complexity index is 395. The van der Waals surface area contributed by atoms with Gasteiger partial charge in [0.15, 0.2) is 0 Å². The maximum atomic E-state index is 12.3. The number of halogens is 2. The van der Waals surface area contributed by atoms with Crippen molar-refractivity contribution < 1.29 is 8.78 Å². The van der Waals surface area contributed by atoms with Gasteiger partial charge in [0.25, 0.3) is 0 Å². The highest BCUT2D eigenvalue weighted by molar-refractivity contribution is 5.75. The molecule has 0 atom stereocenters. The van der Waals surface area contributed by atoms with Crippen LogP contribution in [-0.2, 0) is 0 Å². The molecular weight excluding hydrogens is 162 g/mol. The Morgan fingerprint density at radius 1 is 1.33 bits per heavy atom. The first-order valence-electron chi connectivity index (χ1n) is 3.49. The zero-order chi connectivity index (χ0) is 8.55. The van der Waals surface area contributed by atoms with Gasteiger partial charge in [0.1, 0.15) is 0 Å². The molecule has 0 fully saturated rings. The van der Waals surface area contributed by atoms with E-state index in [9.17, 15) is 8.78 Å². The fourth-order valence-corrected chi connectivity index (χ4v) is 1.16. The second kappa shape index (κ2) is 2.55. The highest BCUT2D eigenvalue weighted by atomic mass is 19.3. The number of nitrogens with zero attached hydrogens (tertiary/aromatic N) is 2. The Hall–Kier alpha value is -1.45. The lowest BCUT2D eigenvalue weighted by atomic mass is 10.4. The van der Waals surface area contributed by atoms with Gasteiger partial charge in [0, 0.05) is 12.4 Å². The van der Waals surface area contributed by atoms with Crippen LogP contribution in [0.4, 0.5) is 8.78 Å². The van der Waals surface area contributed by atoms with Gasteiger partial charge in [-0.2, -0.15) is 8.78 Å². The van der Waals surface area contributed by atoms with Crippen molar-refractivity contribution in [3.8, 4) is 0 Å². The summed E-state index contributed by atoms with van der Waals surface area (Å²) in [6, 6.07) is 4.83. The second-order valence-electron chi connectivity index (χ2n) is 2.41. The van der Waals surface area contributed by atoms with Gasteiger partial charge in [-0.15, -0.1) is 0 Å². The number of aromatic nitrogens is 2. The Morgan fingerprint density at radius 2 is 2.17 bits per heavy atom. The Morgan fingerprint density at radius 3 is 2.92 bits per heavy atom. The van der Waals surface area contributed by atoms with Gasteiger partial charge in [-0.25, -0.2) is 0 Å². The molecule has 0 aliphatic heterocycles. The zero-order valence-corrected chi connectivity index (χ0v) is 6.11. The Kier molecular flexibility index (Phi) is 1.53. The molecule has 2 rings (SSSR count). The summed E-state index contributed by atoms with van der Waals surface area (Å²) < 4.78 is 25.4. The van der Waals surface area contributed by atoms with Crippen molar-refractivity contribution in [3.05, 3.63) is 30.6 Å². The molecule has 12 heavy (non-hydrogen) atoms. The molecule has 0 saturated carbocycles. The van der Waals surface area contributed by atoms with E-state index in [1.54, 1.807) is 24.4 Å². The summed E-state index contributed by atoms with van der Waals surface area (Å²) in [5.41, 5.74) is 1.06. The van der Waals surface area contributed by atoms with Gasteiger partial charge >= 0.3 is 6.55 Å². The first-order valence-corrected chi connectivity index (χ1v) is 3.49. The number of fused-ring (bicyclic) bond motifs is 1. The first kappa shape index (κ1) is 7.21. The van der Waals surface area contributed by atoms with E-state index in [-0.39, 0.29) is 0 Å². The summed E-state index contributed by atoms with van der Waals surface area (Å²) in [6.07, 6.45) is 2.92. The number of pyridine rings is 1. The molecule has 0 aliphatic rings. The lowest BCUT2D eigenvalue weighted by Gasteiger charge is -2.00. The van der Waals surface area contributed by atoms with Crippen molar-refractivity contribution >= 4 is 11.0 Å². The van der Waals surface area contributed by atoms with E-state index in [4.69, 9.17) is 0 Å². The van der Waals surface area contributed by atoms with Gasteiger partial charge in [0.2, 0.25) is 0 Å². The summed E-state index contributed by atoms with van der Waals surface area (Å²) in [7, 11) is 0. The highest BCUT2D eigenvalue weighted by Crippen LogP contribution is 2.19. The van der Waals surface area contributed by atoms with E-state index in [1.165, 1.54) is 6.20 Å². The molecular formula is C8H6F2N2. The third-order valence-electron chi connectivity index (χ3n) is 1.70. The topological polar surface area (TPSA) is 17.8 Å². The number of alkyl halides is 2. The minimum absolute atomic E-state index is 0.465. The fourth-order valence-electron chi connectivity index (χ4n) is 1.16. The lowest BCUT2D eigenvalue weighted by Crippen LogP contribution is -1.94. The van der Waals surface area contributed by atoms with Crippen molar-refractivity contribution in [2.45, 2.75) is 6.55 Å². The average Bonchev–Trinajstić information content (AvgIpc) is 2.47. The van der Waals surface area contributed by atoms with Gasteiger partial charge in [-0.05, 0) is 18.2 Å². The fraction of sp³-hybridized carbons (Fsp3) is 0.125. The van der Waals surface area contributed by atoms with Crippen molar-refractivity contribution in [1.82, 2.24) is 9.55 Å². The van der Waals surface area contributed by atoms with Gasteiger partial charge in [0.05, 0.1) is 11.0 Å².